The van der Waals surface area contributed by atoms with Crippen molar-refractivity contribution < 1.29 is 19.2 Å². The molecule has 2 saturated heterocycles. The minimum Gasteiger partial charge on any atom is -0.354 e. The van der Waals surface area contributed by atoms with E-state index in [2.05, 4.69) is 5.32 Å². The van der Waals surface area contributed by atoms with Crippen LogP contribution in [0.3, 0.4) is 0 Å². The third kappa shape index (κ3) is 4.31. The molecule has 150 valence electrons. The van der Waals surface area contributed by atoms with E-state index in [1.54, 1.807) is 4.90 Å². The third-order valence-corrected chi connectivity index (χ3v) is 6.08. The normalized spacial score (nSPS) is 28.3. The average molecular weight is 378 g/mol. The van der Waals surface area contributed by atoms with E-state index in [-0.39, 0.29) is 54.5 Å². The van der Waals surface area contributed by atoms with Gasteiger partial charge in [0.15, 0.2) is 0 Å². The fourth-order valence-electron chi connectivity index (χ4n) is 4.61. The molecule has 3 unspecified atom stereocenters. The van der Waals surface area contributed by atoms with Crippen LogP contribution in [0.15, 0.2) is 0 Å². The monoisotopic (exact) mass is 378 g/mol. The first-order valence-electron chi connectivity index (χ1n) is 10.1. The molecule has 3 N–H and O–H groups in total. The summed E-state index contributed by atoms with van der Waals surface area (Å²) in [6, 6.07) is -0.0944. The summed E-state index contributed by atoms with van der Waals surface area (Å²) in [6.45, 7) is 1.11. The van der Waals surface area contributed by atoms with E-state index in [1.807, 2.05) is 0 Å². The number of nitrogens with one attached hydrogen (secondary N) is 1. The number of amides is 4. The lowest BCUT2D eigenvalue weighted by Gasteiger charge is -2.36. The van der Waals surface area contributed by atoms with Gasteiger partial charge in [0.25, 0.3) is 0 Å². The number of nitrogens with zero attached hydrogens (tertiary/aromatic N) is 2. The molecule has 0 aromatic carbocycles. The van der Waals surface area contributed by atoms with Crippen LogP contribution in [0.1, 0.15) is 51.4 Å². The zero-order valence-electron chi connectivity index (χ0n) is 15.8. The maximum atomic E-state index is 12.9. The molecule has 0 bridgehead atoms. The summed E-state index contributed by atoms with van der Waals surface area (Å²) in [4.78, 5) is 52.7. The number of fused-ring (bicyclic) bond motifs is 1. The standard InChI is InChI=1S/C19H30N4O4/c20-9-8-16(24)21-11-13-5-3-4-10-22(13)17(25)12-23-18(26)14-6-1-2-7-15(14)19(23)27/h13-15H,1-12,20H2,(H,21,24). The number of carbonyl (C=O) groups excluding carboxylic acids is 4. The first-order chi connectivity index (χ1) is 13.0. The second kappa shape index (κ2) is 8.82. The SMILES string of the molecule is NCCC(=O)NCC1CCCCN1C(=O)CN1C(=O)C2CCCCC2C1=O. The number of piperidine rings is 1. The molecular weight excluding hydrogens is 348 g/mol. The van der Waals surface area contributed by atoms with Gasteiger partial charge in [0.1, 0.15) is 6.54 Å². The van der Waals surface area contributed by atoms with Gasteiger partial charge in [0, 0.05) is 32.1 Å². The highest BCUT2D eigenvalue weighted by molar-refractivity contribution is 6.07. The zero-order chi connectivity index (χ0) is 19.4. The Hall–Kier alpha value is -1.96. The molecule has 3 aliphatic rings. The molecule has 3 atom stereocenters. The highest BCUT2D eigenvalue weighted by Crippen LogP contribution is 2.38. The Morgan fingerprint density at radius 2 is 1.63 bits per heavy atom. The van der Waals surface area contributed by atoms with Crippen LogP contribution in [0, 0.1) is 11.8 Å². The number of nitrogens with two attached hydrogens (primary N) is 1. The fraction of sp³-hybridized carbons (Fsp3) is 0.789. The van der Waals surface area contributed by atoms with Gasteiger partial charge in [-0.3, -0.25) is 24.1 Å². The van der Waals surface area contributed by atoms with Crippen molar-refractivity contribution >= 4 is 23.6 Å². The maximum absolute atomic E-state index is 12.9. The average Bonchev–Trinajstić information content (AvgIpc) is 2.92. The quantitative estimate of drug-likeness (QED) is 0.632. The van der Waals surface area contributed by atoms with Crippen molar-refractivity contribution in [2.45, 2.75) is 57.4 Å². The summed E-state index contributed by atoms with van der Waals surface area (Å²) < 4.78 is 0. The molecule has 1 saturated carbocycles. The van der Waals surface area contributed by atoms with Crippen molar-refractivity contribution in [3.05, 3.63) is 0 Å². The summed E-state index contributed by atoms with van der Waals surface area (Å²) in [5.41, 5.74) is 5.39. The lowest BCUT2D eigenvalue weighted by Crippen LogP contribution is -2.52. The van der Waals surface area contributed by atoms with E-state index in [0.29, 0.717) is 19.6 Å². The summed E-state index contributed by atoms with van der Waals surface area (Å²) in [5.74, 6) is -1.14. The minimum absolute atomic E-state index is 0.0944. The topological polar surface area (TPSA) is 113 Å². The lowest BCUT2D eigenvalue weighted by atomic mass is 9.81. The van der Waals surface area contributed by atoms with Gasteiger partial charge in [-0.15, -0.1) is 0 Å². The van der Waals surface area contributed by atoms with Crippen LogP contribution in [-0.2, 0) is 19.2 Å². The van der Waals surface area contributed by atoms with Crippen LogP contribution in [0.5, 0.6) is 0 Å². The van der Waals surface area contributed by atoms with Crippen molar-refractivity contribution in [2.75, 3.05) is 26.2 Å². The molecule has 3 fully saturated rings. The Morgan fingerprint density at radius 1 is 1.00 bits per heavy atom. The van der Waals surface area contributed by atoms with Crippen LogP contribution in [0.25, 0.3) is 0 Å². The van der Waals surface area contributed by atoms with E-state index in [4.69, 9.17) is 5.73 Å². The predicted molar refractivity (Wildman–Crippen MR) is 98.2 cm³/mol. The summed E-state index contributed by atoms with van der Waals surface area (Å²) >= 11 is 0. The number of imide groups is 1. The Bertz CT molecular complexity index is 585. The highest BCUT2D eigenvalue weighted by atomic mass is 16.2. The fourth-order valence-corrected chi connectivity index (χ4v) is 4.61. The molecular formula is C19H30N4O4. The Morgan fingerprint density at radius 3 is 2.26 bits per heavy atom. The Balaban J connectivity index is 1.60. The molecule has 0 aromatic heterocycles. The lowest BCUT2D eigenvalue weighted by molar-refractivity contribution is -0.148. The third-order valence-electron chi connectivity index (χ3n) is 6.08. The van der Waals surface area contributed by atoms with Gasteiger partial charge in [0.2, 0.25) is 23.6 Å². The van der Waals surface area contributed by atoms with Crippen molar-refractivity contribution in [2.24, 2.45) is 17.6 Å². The largest absolute Gasteiger partial charge is 0.354 e. The van der Waals surface area contributed by atoms with Gasteiger partial charge in [0.05, 0.1) is 11.8 Å². The Labute approximate surface area is 159 Å². The molecule has 0 spiro atoms. The van der Waals surface area contributed by atoms with Crippen LogP contribution in [0.2, 0.25) is 0 Å². The van der Waals surface area contributed by atoms with Crippen molar-refractivity contribution in [3.63, 3.8) is 0 Å². The Kier molecular flexibility index (Phi) is 6.46. The van der Waals surface area contributed by atoms with Gasteiger partial charge < -0.3 is 16.0 Å². The van der Waals surface area contributed by atoms with Gasteiger partial charge in [-0.25, -0.2) is 0 Å². The van der Waals surface area contributed by atoms with Crippen molar-refractivity contribution in [1.82, 2.24) is 15.1 Å². The molecule has 27 heavy (non-hydrogen) atoms. The summed E-state index contributed by atoms with van der Waals surface area (Å²) in [7, 11) is 0. The second-order valence-corrected chi connectivity index (χ2v) is 7.84. The van der Waals surface area contributed by atoms with Gasteiger partial charge >= 0.3 is 0 Å². The first kappa shape index (κ1) is 19.8. The number of rotatable bonds is 6. The summed E-state index contributed by atoms with van der Waals surface area (Å²) in [6.07, 6.45) is 6.40. The van der Waals surface area contributed by atoms with Crippen LogP contribution >= 0.6 is 0 Å². The minimum atomic E-state index is -0.230. The van der Waals surface area contributed by atoms with E-state index < -0.39 is 0 Å². The van der Waals surface area contributed by atoms with Gasteiger partial charge in [-0.2, -0.15) is 0 Å². The van der Waals surface area contributed by atoms with E-state index >= 15 is 0 Å². The molecule has 8 nitrogen and oxygen atoms in total. The number of carbonyl (C=O) groups is 4. The molecule has 8 heteroatoms. The molecule has 0 radical (unpaired) electrons. The summed E-state index contributed by atoms with van der Waals surface area (Å²) in [5, 5.41) is 2.83. The van der Waals surface area contributed by atoms with Crippen LogP contribution in [-0.4, -0.2) is 65.6 Å². The number of likely N-dealkylation sites (tertiary alicyclic amines) is 2. The first-order valence-corrected chi connectivity index (χ1v) is 10.1. The van der Waals surface area contributed by atoms with E-state index in [9.17, 15) is 19.2 Å². The molecule has 2 heterocycles. The van der Waals surface area contributed by atoms with Crippen LogP contribution < -0.4 is 11.1 Å². The number of hydrogen-bond acceptors (Lipinski definition) is 5. The van der Waals surface area contributed by atoms with Gasteiger partial charge in [-0.1, -0.05) is 12.8 Å². The van der Waals surface area contributed by atoms with Crippen molar-refractivity contribution in [1.29, 1.82) is 0 Å². The van der Waals surface area contributed by atoms with E-state index in [0.717, 1.165) is 44.9 Å². The maximum Gasteiger partial charge on any atom is 0.243 e. The molecule has 3 rings (SSSR count). The van der Waals surface area contributed by atoms with E-state index in [1.165, 1.54) is 4.90 Å². The molecule has 4 amide bonds. The number of hydrogen-bond donors (Lipinski definition) is 2. The van der Waals surface area contributed by atoms with Crippen LogP contribution in [0.4, 0.5) is 0 Å². The highest BCUT2D eigenvalue weighted by Gasteiger charge is 2.49. The smallest absolute Gasteiger partial charge is 0.243 e. The molecule has 2 aliphatic heterocycles. The molecule has 1 aliphatic carbocycles. The zero-order valence-corrected chi connectivity index (χ0v) is 15.8. The van der Waals surface area contributed by atoms with Gasteiger partial charge in [-0.05, 0) is 32.1 Å². The second-order valence-electron chi connectivity index (χ2n) is 7.84. The molecule has 0 aromatic rings. The van der Waals surface area contributed by atoms with Crippen molar-refractivity contribution in [3.8, 4) is 0 Å². The predicted octanol–water partition coefficient (Wildman–Crippen LogP) is 0.00770.